The molecule has 1 amide bonds. The van der Waals surface area contributed by atoms with E-state index in [1.807, 2.05) is 20.8 Å². The van der Waals surface area contributed by atoms with Crippen molar-refractivity contribution in [2.75, 3.05) is 6.61 Å². The van der Waals surface area contributed by atoms with Crippen molar-refractivity contribution < 1.29 is 19.1 Å². The molecule has 0 spiro atoms. The van der Waals surface area contributed by atoms with Gasteiger partial charge in [0, 0.05) is 5.54 Å². The number of unbranched alkanes of at least 4 members (excludes halogenated alkanes) is 1. The molecule has 1 aromatic rings. The fourth-order valence-corrected chi connectivity index (χ4v) is 1.77. The van der Waals surface area contributed by atoms with Crippen LogP contribution in [0.15, 0.2) is 24.3 Å². The summed E-state index contributed by atoms with van der Waals surface area (Å²) in [6, 6.07) is 6.73. The minimum atomic E-state index is -0.845. The molecule has 0 fully saturated rings. The maximum atomic E-state index is 12.1. The Morgan fingerprint density at radius 2 is 1.78 bits per heavy atom. The van der Waals surface area contributed by atoms with Crippen molar-refractivity contribution in [2.45, 2.75) is 59.1 Å². The number of rotatable bonds is 7. The topological polar surface area (TPSA) is 64.6 Å². The summed E-state index contributed by atoms with van der Waals surface area (Å²) in [5, 5.41) is 2.78. The van der Waals surface area contributed by atoms with Crippen LogP contribution in [0.25, 0.3) is 0 Å². The van der Waals surface area contributed by atoms with Crippen LogP contribution in [-0.4, -0.2) is 30.1 Å². The predicted molar refractivity (Wildman–Crippen MR) is 89.6 cm³/mol. The van der Waals surface area contributed by atoms with Gasteiger partial charge >= 0.3 is 5.97 Å². The minimum absolute atomic E-state index is 0.314. The van der Waals surface area contributed by atoms with Gasteiger partial charge < -0.3 is 14.8 Å². The van der Waals surface area contributed by atoms with E-state index in [4.69, 9.17) is 9.47 Å². The highest BCUT2D eigenvalue weighted by atomic mass is 16.5. The Kier molecular flexibility index (Phi) is 7.07. The third-order valence-electron chi connectivity index (χ3n) is 3.01. The largest absolute Gasteiger partial charge is 0.494 e. The highest BCUT2D eigenvalue weighted by Crippen LogP contribution is 2.14. The Labute approximate surface area is 138 Å². The van der Waals surface area contributed by atoms with E-state index in [0.29, 0.717) is 17.9 Å². The first-order chi connectivity index (χ1) is 10.7. The number of hydrogen-bond acceptors (Lipinski definition) is 4. The van der Waals surface area contributed by atoms with Crippen molar-refractivity contribution >= 4 is 11.9 Å². The van der Waals surface area contributed by atoms with E-state index in [1.54, 1.807) is 31.2 Å². The summed E-state index contributed by atoms with van der Waals surface area (Å²) >= 11 is 0. The van der Waals surface area contributed by atoms with E-state index in [9.17, 15) is 9.59 Å². The van der Waals surface area contributed by atoms with E-state index in [0.717, 1.165) is 12.8 Å². The summed E-state index contributed by atoms with van der Waals surface area (Å²) in [5.41, 5.74) is 0.0261. The zero-order valence-electron chi connectivity index (χ0n) is 14.6. The lowest BCUT2D eigenvalue weighted by atomic mass is 10.1. The molecule has 0 aliphatic carbocycles. The van der Waals surface area contributed by atoms with Crippen LogP contribution in [-0.2, 0) is 9.53 Å². The van der Waals surface area contributed by atoms with Crippen molar-refractivity contribution in [3.63, 3.8) is 0 Å². The molecule has 128 valence electrons. The molecule has 0 heterocycles. The number of carbonyl (C=O) groups excluding carboxylic acids is 2. The van der Waals surface area contributed by atoms with Crippen molar-refractivity contribution in [1.82, 2.24) is 5.32 Å². The van der Waals surface area contributed by atoms with Crippen molar-refractivity contribution in [1.29, 1.82) is 0 Å². The van der Waals surface area contributed by atoms with Crippen molar-refractivity contribution in [3.8, 4) is 5.75 Å². The molecule has 0 bridgehead atoms. The lowest BCUT2D eigenvalue weighted by Gasteiger charge is -2.23. The molecule has 0 radical (unpaired) electrons. The molecule has 0 saturated carbocycles. The second-order valence-corrected chi connectivity index (χ2v) is 6.51. The summed E-state index contributed by atoms with van der Waals surface area (Å²) in [5.74, 6) is -0.124. The molecule has 0 aliphatic heterocycles. The lowest BCUT2D eigenvalue weighted by molar-refractivity contribution is -0.130. The Hall–Kier alpha value is -2.04. The molecular formula is C18H27NO4. The average molecular weight is 321 g/mol. The third-order valence-corrected chi connectivity index (χ3v) is 3.01. The van der Waals surface area contributed by atoms with Crippen LogP contribution >= 0.6 is 0 Å². The zero-order chi connectivity index (χ0) is 17.5. The maximum Gasteiger partial charge on any atom is 0.338 e. The molecule has 5 heteroatoms. The van der Waals surface area contributed by atoms with Gasteiger partial charge in [-0.1, -0.05) is 13.3 Å². The predicted octanol–water partition coefficient (Wildman–Crippen LogP) is 3.33. The molecule has 1 N–H and O–H groups in total. The van der Waals surface area contributed by atoms with Gasteiger partial charge in [-0.2, -0.15) is 0 Å². The molecule has 0 aromatic heterocycles. The number of nitrogens with one attached hydrogen (secondary N) is 1. The third kappa shape index (κ3) is 7.17. The fourth-order valence-electron chi connectivity index (χ4n) is 1.77. The van der Waals surface area contributed by atoms with Crippen LogP contribution < -0.4 is 10.1 Å². The molecule has 1 unspecified atom stereocenters. The van der Waals surface area contributed by atoms with Gasteiger partial charge in [-0.15, -0.1) is 0 Å². The fraction of sp³-hybridized carbons (Fsp3) is 0.556. The van der Waals surface area contributed by atoms with Crippen LogP contribution in [0, 0.1) is 0 Å². The smallest absolute Gasteiger partial charge is 0.338 e. The molecule has 0 saturated heterocycles. The number of amides is 1. The summed E-state index contributed by atoms with van der Waals surface area (Å²) in [6.07, 6.45) is 1.21. The molecule has 23 heavy (non-hydrogen) atoms. The second-order valence-electron chi connectivity index (χ2n) is 6.51. The summed E-state index contributed by atoms with van der Waals surface area (Å²) in [6.45, 7) is 9.93. The van der Waals surface area contributed by atoms with Crippen LogP contribution in [0.3, 0.4) is 0 Å². The SMILES string of the molecule is CCCCOc1ccc(C(=O)OC(C)C(=O)NC(C)(C)C)cc1. The Bertz CT molecular complexity index is 517. The summed E-state index contributed by atoms with van der Waals surface area (Å²) in [4.78, 5) is 24.0. The Morgan fingerprint density at radius 1 is 1.17 bits per heavy atom. The van der Waals surface area contributed by atoms with Gasteiger partial charge in [0.2, 0.25) is 0 Å². The van der Waals surface area contributed by atoms with Crippen LogP contribution in [0.2, 0.25) is 0 Å². The summed E-state index contributed by atoms with van der Waals surface area (Å²) < 4.78 is 10.7. The standard InChI is InChI=1S/C18H27NO4/c1-6-7-12-22-15-10-8-14(9-11-15)17(21)23-13(2)16(20)19-18(3,4)5/h8-11,13H,6-7,12H2,1-5H3,(H,19,20). The average Bonchev–Trinajstić information content (AvgIpc) is 2.46. The normalized spacial score (nSPS) is 12.4. The van der Waals surface area contributed by atoms with Crippen molar-refractivity contribution in [2.24, 2.45) is 0 Å². The van der Waals surface area contributed by atoms with Gasteiger partial charge in [-0.25, -0.2) is 4.79 Å². The molecule has 1 rings (SSSR count). The molecule has 0 aliphatic rings. The zero-order valence-corrected chi connectivity index (χ0v) is 14.6. The minimum Gasteiger partial charge on any atom is -0.494 e. The van der Waals surface area contributed by atoms with E-state index >= 15 is 0 Å². The van der Waals surface area contributed by atoms with Crippen LogP contribution in [0.4, 0.5) is 0 Å². The van der Waals surface area contributed by atoms with E-state index in [1.165, 1.54) is 0 Å². The second kappa shape index (κ2) is 8.56. The number of ether oxygens (including phenoxy) is 2. The molecular weight excluding hydrogens is 294 g/mol. The molecule has 1 atom stereocenters. The Morgan fingerprint density at radius 3 is 2.30 bits per heavy atom. The highest BCUT2D eigenvalue weighted by Gasteiger charge is 2.22. The first-order valence-electron chi connectivity index (χ1n) is 7.99. The highest BCUT2D eigenvalue weighted by molar-refractivity contribution is 5.92. The maximum absolute atomic E-state index is 12.1. The first kappa shape index (κ1) is 19.0. The van der Waals surface area contributed by atoms with Gasteiger partial charge in [0.05, 0.1) is 12.2 Å². The number of esters is 1. The van der Waals surface area contributed by atoms with Gasteiger partial charge in [0.25, 0.3) is 5.91 Å². The number of benzene rings is 1. The quantitative estimate of drug-likeness (QED) is 0.618. The number of carbonyl (C=O) groups is 2. The number of hydrogen-bond donors (Lipinski definition) is 1. The van der Waals surface area contributed by atoms with Gasteiger partial charge in [-0.05, 0) is 58.4 Å². The van der Waals surface area contributed by atoms with Gasteiger partial charge in [0.15, 0.2) is 6.10 Å². The van der Waals surface area contributed by atoms with E-state index in [2.05, 4.69) is 12.2 Å². The van der Waals surface area contributed by atoms with Crippen LogP contribution in [0.5, 0.6) is 5.75 Å². The van der Waals surface area contributed by atoms with Crippen molar-refractivity contribution in [3.05, 3.63) is 29.8 Å². The molecule has 1 aromatic carbocycles. The monoisotopic (exact) mass is 321 g/mol. The molecule has 5 nitrogen and oxygen atoms in total. The lowest BCUT2D eigenvalue weighted by Crippen LogP contribution is -2.46. The van der Waals surface area contributed by atoms with Crippen LogP contribution in [0.1, 0.15) is 57.8 Å². The van der Waals surface area contributed by atoms with E-state index < -0.39 is 12.1 Å². The van der Waals surface area contributed by atoms with Gasteiger partial charge in [0.1, 0.15) is 5.75 Å². The van der Waals surface area contributed by atoms with E-state index in [-0.39, 0.29) is 11.4 Å². The Balaban J connectivity index is 2.55. The first-order valence-corrected chi connectivity index (χ1v) is 7.99. The summed E-state index contributed by atoms with van der Waals surface area (Å²) in [7, 11) is 0. The van der Waals surface area contributed by atoms with Gasteiger partial charge in [-0.3, -0.25) is 4.79 Å².